The molecule has 1 aromatic heterocycles. The predicted octanol–water partition coefficient (Wildman–Crippen LogP) is 1.50. The number of nitrogens with zero attached hydrogens (tertiary/aromatic N) is 1. The lowest BCUT2D eigenvalue weighted by molar-refractivity contribution is -0.122. The maximum absolute atomic E-state index is 11.9. The summed E-state index contributed by atoms with van der Waals surface area (Å²) in [5.41, 5.74) is 1.89. The van der Waals surface area contributed by atoms with Gasteiger partial charge in [-0.15, -0.1) is 0 Å². The highest BCUT2D eigenvalue weighted by Crippen LogP contribution is 2.25. The minimum Gasteiger partial charge on any atom is -0.396 e. The molecule has 1 heterocycles. The number of hydrogen-bond donors (Lipinski definition) is 2. The molecule has 1 aromatic rings. The molecule has 5 nitrogen and oxygen atoms in total. The van der Waals surface area contributed by atoms with Crippen LogP contribution in [0.5, 0.6) is 0 Å². The van der Waals surface area contributed by atoms with E-state index < -0.39 is 0 Å². The Morgan fingerprint density at radius 1 is 1.47 bits per heavy atom. The van der Waals surface area contributed by atoms with E-state index in [9.17, 15) is 9.90 Å². The van der Waals surface area contributed by atoms with Gasteiger partial charge in [-0.05, 0) is 33.1 Å². The molecule has 1 saturated carbocycles. The number of aromatic nitrogens is 1. The molecular formula is C14H22N2O3. The first-order chi connectivity index (χ1) is 9.11. The third-order valence-electron chi connectivity index (χ3n) is 4.02. The van der Waals surface area contributed by atoms with Gasteiger partial charge < -0.3 is 14.9 Å². The van der Waals surface area contributed by atoms with Gasteiger partial charge in [-0.1, -0.05) is 11.6 Å². The fourth-order valence-electron chi connectivity index (χ4n) is 2.82. The molecule has 1 aliphatic carbocycles. The average Bonchev–Trinajstić information content (AvgIpc) is 2.95. The molecule has 1 aliphatic rings. The SMILES string of the molecule is Cc1noc(C)c1CCC(=O)NC1CCCC1CO. The van der Waals surface area contributed by atoms with Crippen molar-refractivity contribution in [2.24, 2.45) is 5.92 Å². The smallest absolute Gasteiger partial charge is 0.220 e. The summed E-state index contributed by atoms with van der Waals surface area (Å²) in [7, 11) is 0. The molecule has 2 rings (SSSR count). The van der Waals surface area contributed by atoms with E-state index in [2.05, 4.69) is 10.5 Å². The fourth-order valence-corrected chi connectivity index (χ4v) is 2.82. The minimum absolute atomic E-state index is 0.0466. The number of hydrogen-bond acceptors (Lipinski definition) is 4. The summed E-state index contributed by atoms with van der Waals surface area (Å²) in [6, 6.07) is 0.141. The summed E-state index contributed by atoms with van der Waals surface area (Å²) < 4.78 is 5.08. The summed E-state index contributed by atoms with van der Waals surface area (Å²) >= 11 is 0. The van der Waals surface area contributed by atoms with Crippen molar-refractivity contribution in [1.82, 2.24) is 10.5 Å². The van der Waals surface area contributed by atoms with E-state index in [0.717, 1.165) is 36.3 Å². The Kier molecular flexibility index (Phi) is 4.58. The Labute approximate surface area is 113 Å². The Bertz CT molecular complexity index is 422. The standard InChI is InChI=1S/C14H22N2O3/c1-9-12(10(2)19-16-9)6-7-14(18)15-13-5-3-4-11(13)8-17/h11,13,17H,3-8H2,1-2H3,(H,15,18). The molecule has 0 radical (unpaired) electrons. The van der Waals surface area contributed by atoms with Crippen LogP contribution in [0.15, 0.2) is 4.52 Å². The van der Waals surface area contributed by atoms with Crippen LogP contribution in [0, 0.1) is 19.8 Å². The molecule has 2 unspecified atom stereocenters. The first-order valence-corrected chi connectivity index (χ1v) is 6.93. The van der Waals surface area contributed by atoms with E-state index in [1.165, 1.54) is 0 Å². The van der Waals surface area contributed by atoms with Crippen molar-refractivity contribution in [2.45, 2.75) is 52.0 Å². The van der Waals surface area contributed by atoms with Crippen LogP contribution in [0.4, 0.5) is 0 Å². The highest BCUT2D eigenvalue weighted by molar-refractivity contribution is 5.76. The summed E-state index contributed by atoms with van der Waals surface area (Å²) in [5.74, 6) is 1.06. The third-order valence-corrected chi connectivity index (χ3v) is 4.02. The van der Waals surface area contributed by atoms with Crippen molar-refractivity contribution in [3.63, 3.8) is 0 Å². The van der Waals surface area contributed by atoms with Gasteiger partial charge in [0.15, 0.2) is 0 Å². The third kappa shape index (κ3) is 3.35. The van der Waals surface area contributed by atoms with E-state index in [1.54, 1.807) is 0 Å². The summed E-state index contributed by atoms with van der Waals surface area (Å²) in [4.78, 5) is 11.9. The van der Waals surface area contributed by atoms with Crippen molar-refractivity contribution in [2.75, 3.05) is 6.61 Å². The second-order valence-electron chi connectivity index (χ2n) is 5.35. The lowest BCUT2D eigenvalue weighted by Crippen LogP contribution is -2.38. The predicted molar refractivity (Wildman–Crippen MR) is 70.7 cm³/mol. The molecule has 2 atom stereocenters. The minimum atomic E-state index is 0.0466. The lowest BCUT2D eigenvalue weighted by atomic mass is 10.0. The number of nitrogens with one attached hydrogen (secondary N) is 1. The van der Waals surface area contributed by atoms with Crippen molar-refractivity contribution in [3.05, 3.63) is 17.0 Å². The zero-order valence-corrected chi connectivity index (χ0v) is 11.6. The summed E-state index contributed by atoms with van der Waals surface area (Å²) in [6.45, 7) is 3.92. The van der Waals surface area contributed by atoms with E-state index >= 15 is 0 Å². The number of carbonyl (C=O) groups excluding carboxylic acids is 1. The zero-order chi connectivity index (χ0) is 13.8. The van der Waals surface area contributed by atoms with Crippen LogP contribution in [0.2, 0.25) is 0 Å². The number of rotatable bonds is 5. The van der Waals surface area contributed by atoms with Crippen molar-refractivity contribution >= 4 is 5.91 Å². The molecule has 2 N–H and O–H groups in total. The molecule has 0 saturated heterocycles. The van der Waals surface area contributed by atoms with Crippen molar-refractivity contribution in [3.8, 4) is 0 Å². The molecule has 19 heavy (non-hydrogen) atoms. The van der Waals surface area contributed by atoms with Gasteiger partial charge >= 0.3 is 0 Å². The van der Waals surface area contributed by atoms with Crippen LogP contribution < -0.4 is 5.32 Å². The van der Waals surface area contributed by atoms with Crippen LogP contribution >= 0.6 is 0 Å². The van der Waals surface area contributed by atoms with Gasteiger partial charge in [-0.25, -0.2) is 0 Å². The molecule has 1 fully saturated rings. The van der Waals surface area contributed by atoms with E-state index in [4.69, 9.17) is 4.52 Å². The molecule has 5 heteroatoms. The fraction of sp³-hybridized carbons (Fsp3) is 0.714. The Morgan fingerprint density at radius 3 is 2.89 bits per heavy atom. The van der Waals surface area contributed by atoms with Gasteiger partial charge in [0.2, 0.25) is 5.91 Å². The van der Waals surface area contributed by atoms with Crippen molar-refractivity contribution < 1.29 is 14.4 Å². The number of aliphatic hydroxyl groups is 1. The quantitative estimate of drug-likeness (QED) is 0.847. The van der Waals surface area contributed by atoms with E-state index in [1.807, 2.05) is 13.8 Å². The molecule has 0 aliphatic heterocycles. The Balaban J connectivity index is 1.82. The molecule has 0 spiro atoms. The highest BCUT2D eigenvalue weighted by Gasteiger charge is 2.27. The van der Waals surface area contributed by atoms with Crippen LogP contribution in [0.1, 0.15) is 42.7 Å². The average molecular weight is 266 g/mol. The van der Waals surface area contributed by atoms with Gasteiger partial charge in [-0.3, -0.25) is 4.79 Å². The maximum Gasteiger partial charge on any atom is 0.220 e. The summed E-state index contributed by atoms with van der Waals surface area (Å²) in [5, 5.41) is 16.1. The number of carbonyl (C=O) groups is 1. The van der Waals surface area contributed by atoms with Crippen LogP contribution in [-0.2, 0) is 11.2 Å². The largest absolute Gasteiger partial charge is 0.396 e. The van der Waals surface area contributed by atoms with Crippen molar-refractivity contribution in [1.29, 1.82) is 0 Å². The van der Waals surface area contributed by atoms with Crippen LogP contribution in [0.25, 0.3) is 0 Å². The van der Waals surface area contributed by atoms with E-state index in [0.29, 0.717) is 12.8 Å². The van der Waals surface area contributed by atoms with Gasteiger partial charge in [0.05, 0.1) is 5.69 Å². The van der Waals surface area contributed by atoms with Crippen LogP contribution in [-0.4, -0.2) is 28.8 Å². The Hall–Kier alpha value is -1.36. The second kappa shape index (κ2) is 6.19. The first-order valence-electron chi connectivity index (χ1n) is 6.93. The maximum atomic E-state index is 11.9. The zero-order valence-electron chi connectivity index (χ0n) is 11.6. The second-order valence-corrected chi connectivity index (χ2v) is 5.35. The Morgan fingerprint density at radius 2 is 2.26 bits per heavy atom. The molecule has 106 valence electrons. The number of amides is 1. The summed E-state index contributed by atoms with van der Waals surface area (Å²) in [6.07, 6.45) is 4.16. The molecular weight excluding hydrogens is 244 g/mol. The topological polar surface area (TPSA) is 75.4 Å². The number of aliphatic hydroxyl groups excluding tert-OH is 1. The van der Waals surface area contributed by atoms with Gasteiger partial charge in [0.1, 0.15) is 5.76 Å². The van der Waals surface area contributed by atoms with Crippen LogP contribution in [0.3, 0.4) is 0 Å². The number of aryl methyl sites for hydroxylation is 2. The van der Waals surface area contributed by atoms with Gasteiger partial charge in [0.25, 0.3) is 0 Å². The molecule has 0 bridgehead atoms. The molecule has 1 amide bonds. The first kappa shape index (κ1) is 14.1. The highest BCUT2D eigenvalue weighted by atomic mass is 16.5. The lowest BCUT2D eigenvalue weighted by Gasteiger charge is -2.18. The monoisotopic (exact) mass is 266 g/mol. The normalized spacial score (nSPS) is 22.7. The molecule has 0 aromatic carbocycles. The van der Waals surface area contributed by atoms with Gasteiger partial charge in [0, 0.05) is 30.6 Å². The van der Waals surface area contributed by atoms with Gasteiger partial charge in [-0.2, -0.15) is 0 Å². The van der Waals surface area contributed by atoms with E-state index in [-0.39, 0.29) is 24.5 Å².